The Morgan fingerprint density at radius 1 is 0.905 bits per heavy atom. The molecule has 1 aliphatic heterocycles. The summed E-state index contributed by atoms with van der Waals surface area (Å²) in [4.78, 5) is 105. The third-order valence-corrected chi connectivity index (χ3v) is 11.3. The molecule has 0 radical (unpaired) electrons. The first-order valence-corrected chi connectivity index (χ1v) is 21.1. The van der Waals surface area contributed by atoms with Gasteiger partial charge in [0.25, 0.3) is 0 Å². The normalized spacial score (nSPS) is 17.7. The van der Waals surface area contributed by atoms with Gasteiger partial charge in [-0.25, -0.2) is 4.79 Å². The zero-order valence-electron chi connectivity index (χ0n) is 36.6. The molecule has 2 aromatic carbocycles. The number of nitrogens with one attached hydrogen (secondary N) is 4. The number of phenolic OH excluding ortho intramolecular Hbond substituents is 2. The number of hydrogen-bond acceptors (Lipinski definition) is 12. The van der Waals surface area contributed by atoms with E-state index in [0.29, 0.717) is 6.42 Å². The summed E-state index contributed by atoms with van der Waals surface area (Å²) < 4.78 is 0. The first-order valence-electron chi connectivity index (χ1n) is 21.1. The van der Waals surface area contributed by atoms with Crippen LogP contribution in [0.2, 0.25) is 0 Å². The topological polar surface area (TPSA) is 298 Å². The molecule has 6 atom stereocenters. The Labute approximate surface area is 365 Å². The average molecular weight is 884 g/mol. The summed E-state index contributed by atoms with van der Waals surface area (Å²) in [6.07, 6.45) is 7.92. The van der Waals surface area contributed by atoms with Crippen molar-refractivity contribution in [3.8, 4) is 22.6 Å². The molecule has 6 amide bonds. The number of benzene rings is 2. The van der Waals surface area contributed by atoms with Crippen molar-refractivity contribution in [1.29, 1.82) is 0 Å². The molecule has 2 aromatic rings. The van der Waals surface area contributed by atoms with E-state index in [2.05, 4.69) is 35.1 Å². The highest BCUT2D eigenvalue weighted by Crippen LogP contribution is 2.43. The van der Waals surface area contributed by atoms with Crippen molar-refractivity contribution < 1.29 is 58.9 Å². The monoisotopic (exact) mass is 883 g/mol. The summed E-state index contributed by atoms with van der Waals surface area (Å²) in [5, 5.41) is 63.2. The predicted octanol–water partition coefficient (Wildman–Crippen LogP) is 2.41. The number of carboxylic acid groups (broad SMARTS) is 1. The third kappa shape index (κ3) is 14.1. The van der Waals surface area contributed by atoms with Crippen LogP contribution >= 0.6 is 0 Å². The molecule has 20 heteroatoms. The van der Waals surface area contributed by atoms with Gasteiger partial charge in [0, 0.05) is 44.1 Å². The summed E-state index contributed by atoms with van der Waals surface area (Å²) in [5.74, 6) is -6.97. The van der Waals surface area contributed by atoms with Crippen molar-refractivity contribution in [2.24, 2.45) is 5.92 Å². The Morgan fingerprint density at radius 3 is 2.17 bits per heavy atom. The Balaban J connectivity index is 1.75. The Morgan fingerprint density at radius 2 is 1.56 bits per heavy atom. The fraction of sp³-hybridized carbons (Fsp3) is 0.558. The molecule has 4 bridgehead atoms. The fourth-order valence-corrected chi connectivity index (χ4v) is 7.09. The second-order valence-electron chi connectivity index (χ2n) is 16.1. The SMILES string of the molecule is CCC(C)CCCCCCCCC(=O)N(C)C(CO)C(=O)NC(C)C(=O)NCC(=O)N(C)C1C(=O)NC(C)C(=O)NC(C(=O)O)Cc2cc(c(O)c([N+](=O)[O-])c2)-c2cc1ccc2O. The lowest BCUT2D eigenvalue weighted by atomic mass is 9.93. The molecule has 0 fully saturated rings. The molecule has 0 saturated heterocycles. The molecule has 0 saturated carbocycles. The van der Waals surface area contributed by atoms with Crippen molar-refractivity contribution in [3.05, 3.63) is 51.6 Å². The molecule has 8 N–H and O–H groups in total. The number of carboxylic acids is 1. The van der Waals surface area contributed by atoms with Gasteiger partial charge in [0.2, 0.25) is 41.2 Å². The minimum absolute atomic E-state index is 0.00252. The van der Waals surface area contributed by atoms with Gasteiger partial charge >= 0.3 is 11.7 Å². The largest absolute Gasteiger partial charge is 0.507 e. The summed E-state index contributed by atoms with van der Waals surface area (Å²) in [6, 6.07) is -1.52. The number of nitro groups is 1. The van der Waals surface area contributed by atoms with Crippen molar-refractivity contribution in [2.45, 2.75) is 122 Å². The van der Waals surface area contributed by atoms with E-state index in [1.165, 1.54) is 65.4 Å². The maximum atomic E-state index is 13.9. The quantitative estimate of drug-likeness (QED) is 0.0539. The number of nitro benzene ring substituents is 1. The number of aliphatic carboxylic acids is 1. The minimum atomic E-state index is -1.65. The molecule has 346 valence electrons. The van der Waals surface area contributed by atoms with Gasteiger partial charge in [-0.3, -0.25) is 38.9 Å². The highest BCUT2D eigenvalue weighted by molar-refractivity contribution is 5.96. The Bertz CT molecular complexity index is 2010. The lowest BCUT2D eigenvalue weighted by Crippen LogP contribution is -2.55. The Hall–Kier alpha value is -6.31. The number of likely N-dealkylation sites (N-methyl/N-ethyl adjacent to an activating group) is 2. The van der Waals surface area contributed by atoms with E-state index in [9.17, 15) is 64.1 Å². The number of aliphatic hydroxyl groups excluding tert-OH is 1. The number of carbonyl (C=O) groups excluding carboxylic acids is 6. The summed E-state index contributed by atoms with van der Waals surface area (Å²) in [5.41, 5.74) is -1.39. The van der Waals surface area contributed by atoms with Crippen LogP contribution in [0.1, 0.15) is 103 Å². The van der Waals surface area contributed by atoms with Crippen LogP contribution in [0.25, 0.3) is 11.1 Å². The van der Waals surface area contributed by atoms with Crippen molar-refractivity contribution in [1.82, 2.24) is 31.1 Å². The summed E-state index contributed by atoms with van der Waals surface area (Å²) in [6.45, 7) is 5.56. The van der Waals surface area contributed by atoms with Crippen LogP contribution in [0.5, 0.6) is 11.5 Å². The van der Waals surface area contributed by atoms with Gasteiger partial charge in [0.15, 0.2) is 0 Å². The second-order valence-corrected chi connectivity index (χ2v) is 16.1. The Kier molecular flexibility index (Phi) is 19.3. The fourth-order valence-electron chi connectivity index (χ4n) is 7.09. The number of fused-ring (bicyclic) bond motifs is 5. The van der Waals surface area contributed by atoms with Gasteiger partial charge in [-0.1, -0.05) is 64.9 Å². The first kappa shape index (κ1) is 51.0. The van der Waals surface area contributed by atoms with Gasteiger partial charge in [-0.15, -0.1) is 0 Å². The molecule has 20 nitrogen and oxygen atoms in total. The molecule has 63 heavy (non-hydrogen) atoms. The van der Waals surface area contributed by atoms with E-state index >= 15 is 0 Å². The number of amides is 6. The highest BCUT2D eigenvalue weighted by atomic mass is 16.6. The van der Waals surface area contributed by atoms with E-state index in [-0.39, 0.29) is 34.6 Å². The molecule has 0 aromatic heterocycles. The lowest BCUT2D eigenvalue weighted by Gasteiger charge is -2.30. The number of hydrogen-bond donors (Lipinski definition) is 8. The second kappa shape index (κ2) is 23.8. The summed E-state index contributed by atoms with van der Waals surface area (Å²) in [7, 11) is 2.58. The van der Waals surface area contributed by atoms with Gasteiger partial charge in [-0.2, -0.15) is 0 Å². The van der Waals surface area contributed by atoms with E-state index in [0.717, 1.165) is 53.5 Å². The molecule has 3 rings (SSSR count). The number of unbranched alkanes of at least 4 members (excludes halogenated alkanes) is 5. The minimum Gasteiger partial charge on any atom is -0.507 e. The van der Waals surface area contributed by atoms with Gasteiger partial charge in [0.1, 0.15) is 36.0 Å². The lowest BCUT2D eigenvalue weighted by molar-refractivity contribution is -0.385. The van der Waals surface area contributed by atoms with Gasteiger partial charge < -0.3 is 51.5 Å². The van der Waals surface area contributed by atoms with Crippen LogP contribution in [0.4, 0.5) is 5.69 Å². The molecule has 1 heterocycles. The maximum Gasteiger partial charge on any atom is 0.326 e. The number of rotatable bonds is 20. The molecular formula is C43H61N7O13. The standard InChI is InChI=1S/C43H61N7O13/c1-7-24(2)14-12-10-8-9-11-13-15-35(53)48(5)33(23-51)41(58)45-25(3)39(56)44-22-36(54)49(6)37-28-16-17-34(52)29(21-28)30-18-27(20-32(38(30)55)50(62)63)19-31(43(60)61)47-40(57)26(4)46-42(37)59/h16-18,20-21,24-26,31,33,37,51-52,55H,7-15,19,22-23H2,1-6H3,(H,44,56)(H,45,58)(H,46,59)(H,47,57)(H,60,61). The van der Waals surface area contributed by atoms with E-state index in [1.807, 2.05) is 0 Å². The smallest absolute Gasteiger partial charge is 0.326 e. The molecule has 0 aliphatic carbocycles. The molecule has 0 spiro atoms. The van der Waals surface area contributed by atoms with Crippen molar-refractivity contribution >= 4 is 47.1 Å². The van der Waals surface area contributed by atoms with Crippen LogP contribution in [-0.2, 0) is 40.0 Å². The van der Waals surface area contributed by atoms with Crippen LogP contribution < -0.4 is 21.3 Å². The number of aliphatic hydroxyl groups is 1. The van der Waals surface area contributed by atoms with Crippen molar-refractivity contribution in [3.63, 3.8) is 0 Å². The highest BCUT2D eigenvalue weighted by Gasteiger charge is 2.35. The maximum absolute atomic E-state index is 13.9. The van der Waals surface area contributed by atoms with E-state index < -0.39 is 107 Å². The number of aromatic hydroxyl groups is 2. The number of carbonyl (C=O) groups is 7. The number of phenols is 2. The van der Waals surface area contributed by atoms with Crippen LogP contribution in [0, 0.1) is 16.0 Å². The zero-order valence-corrected chi connectivity index (χ0v) is 36.6. The van der Waals surface area contributed by atoms with Gasteiger partial charge in [0.05, 0.1) is 18.1 Å². The van der Waals surface area contributed by atoms with E-state index in [4.69, 9.17) is 0 Å². The number of nitrogens with zero attached hydrogens (tertiary/aromatic N) is 3. The van der Waals surface area contributed by atoms with Gasteiger partial charge in [-0.05, 0) is 55.5 Å². The zero-order chi connectivity index (χ0) is 47.1. The van der Waals surface area contributed by atoms with E-state index in [1.54, 1.807) is 0 Å². The molecule has 6 unspecified atom stereocenters. The summed E-state index contributed by atoms with van der Waals surface area (Å²) >= 11 is 0. The van der Waals surface area contributed by atoms with Crippen LogP contribution in [-0.4, -0.2) is 128 Å². The average Bonchev–Trinajstić information content (AvgIpc) is 3.23. The third-order valence-electron chi connectivity index (χ3n) is 11.3. The molecular weight excluding hydrogens is 823 g/mol. The van der Waals surface area contributed by atoms with Crippen molar-refractivity contribution in [2.75, 3.05) is 27.2 Å². The molecule has 1 aliphatic rings. The predicted molar refractivity (Wildman–Crippen MR) is 229 cm³/mol. The van der Waals surface area contributed by atoms with Crippen LogP contribution in [0.3, 0.4) is 0 Å². The van der Waals surface area contributed by atoms with Crippen LogP contribution in [0.15, 0.2) is 30.3 Å². The first-order chi connectivity index (χ1) is 29.7.